The third-order valence-electron chi connectivity index (χ3n) is 25.2. The molecule has 23 rings (SSSR count). The molecule has 0 saturated heterocycles. The van der Waals surface area contributed by atoms with E-state index in [1.807, 2.05) is 23.1 Å². The van der Waals surface area contributed by atoms with Crippen molar-refractivity contribution in [2.45, 2.75) is 159 Å². The van der Waals surface area contributed by atoms with Crippen LogP contribution < -0.4 is 24.5 Å². The molecule has 683 valence electrons. The van der Waals surface area contributed by atoms with Crippen LogP contribution in [0, 0.1) is 88.3 Å². The summed E-state index contributed by atoms with van der Waals surface area (Å²) in [5, 5.41) is 4.31. The fraction of sp³-hybridized carbons (Fsp3) is 0.214. The van der Waals surface area contributed by atoms with Crippen LogP contribution in [0.5, 0.6) is 0 Å². The smallest absolute Gasteiger partial charge is 0.148 e. The van der Waals surface area contributed by atoms with Gasteiger partial charge in [0.05, 0.1) is 0 Å². The zero-order valence-electron chi connectivity index (χ0n) is 76.7. The van der Waals surface area contributed by atoms with Crippen LogP contribution in [0.15, 0.2) is 247 Å². The van der Waals surface area contributed by atoms with Gasteiger partial charge in [0.15, 0.2) is 0 Å². The second-order valence-electron chi connectivity index (χ2n) is 36.9. The van der Waals surface area contributed by atoms with E-state index in [-0.39, 0.29) is 111 Å². The van der Waals surface area contributed by atoms with Crippen molar-refractivity contribution in [3.8, 4) is 89.0 Å². The molecule has 11 nitrogen and oxygen atoms in total. The zero-order valence-corrected chi connectivity index (χ0v) is 92.0. The summed E-state index contributed by atoms with van der Waals surface area (Å²) in [6, 6.07) is 98.0. The Balaban J connectivity index is 0.000000132. The summed E-state index contributed by atoms with van der Waals surface area (Å²) < 4.78 is 18.6. The molecule has 13 aromatic carbocycles. The summed E-state index contributed by atoms with van der Waals surface area (Å²) in [4.78, 5) is 16.0. The third-order valence-corrected chi connectivity index (χ3v) is 27.5. The number of rotatable bonds is 7. The van der Waals surface area contributed by atoms with Gasteiger partial charge in [-0.15, -0.1) is 44.1 Å². The minimum Gasteiger partial charge on any atom is -0.544 e. The zero-order chi connectivity index (χ0) is 88.2. The Kier molecular flexibility index (Phi) is 30.9. The number of para-hydroxylation sites is 2. The largest absolute Gasteiger partial charge is 0.544 e. The van der Waals surface area contributed by atoms with Crippen LogP contribution in [-0.2, 0) is 116 Å². The molecule has 10 heterocycles. The minimum absolute atomic E-state index is 0. The molecule has 0 unspecified atom stereocenters. The van der Waals surface area contributed by atoms with Crippen LogP contribution in [0.4, 0.5) is 28.4 Å². The van der Waals surface area contributed by atoms with Crippen LogP contribution in [0.1, 0.15) is 204 Å². The fourth-order valence-electron chi connectivity index (χ4n) is 18.5. The van der Waals surface area contributed by atoms with E-state index in [0.717, 1.165) is 68.7 Å². The molecule has 0 amide bonds. The molecule has 0 N–H and O–H groups in total. The molecule has 0 saturated carbocycles. The molecule has 13 aromatic rings. The van der Waals surface area contributed by atoms with E-state index in [1.165, 1.54) is 209 Å². The van der Waals surface area contributed by atoms with Gasteiger partial charge in [-0.25, -0.2) is 17.6 Å². The van der Waals surface area contributed by atoms with E-state index in [9.17, 15) is 0 Å². The molecule has 0 bridgehead atoms. The minimum atomic E-state index is 0. The van der Waals surface area contributed by atoms with Gasteiger partial charge in [-0.3, -0.25) is 0 Å². The van der Waals surface area contributed by atoms with Crippen LogP contribution in [0.2, 0.25) is 0 Å². The molecular weight excluding hydrogens is 2590 g/mol. The van der Waals surface area contributed by atoms with E-state index in [2.05, 4.69) is 427 Å². The molecular formula is C112H100Ir5N10OS4-10. The normalized spacial score (nSPS) is 14.5. The van der Waals surface area contributed by atoms with Gasteiger partial charge < -0.3 is 29.3 Å². The van der Waals surface area contributed by atoms with Crippen LogP contribution >= 0.6 is 47.8 Å². The van der Waals surface area contributed by atoms with E-state index < -0.39 is 0 Å². The van der Waals surface area contributed by atoms with Crippen LogP contribution in [0.3, 0.4) is 0 Å². The van der Waals surface area contributed by atoms with Crippen molar-refractivity contribution in [1.82, 2.24) is 0 Å². The van der Waals surface area contributed by atoms with Crippen molar-refractivity contribution in [1.29, 1.82) is 0 Å². The molecule has 0 fully saturated rings. The van der Waals surface area contributed by atoms with E-state index in [4.69, 9.17) is 4.84 Å². The Labute approximate surface area is 865 Å². The number of hydrogen-bond donors (Lipinski definition) is 0. The molecule has 10 aliphatic rings. The van der Waals surface area contributed by atoms with E-state index in [1.54, 1.807) is 6.73 Å². The van der Waals surface area contributed by atoms with Gasteiger partial charge in [0.2, 0.25) is 0 Å². The van der Waals surface area contributed by atoms with E-state index >= 15 is 0 Å². The summed E-state index contributed by atoms with van der Waals surface area (Å²) in [7, 11) is 0. The van der Waals surface area contributed by atoms with Gasteiger partial charge in [-0.05, 0) is 119 Å². The first-order valence-corrected chi connectivity index (χ1v) is 47.1. The van der Waals surface area contributed by atoms with Crippen molar-refractivity contribution >= 4 is 105 Å². The second kappa shape index (κ2) is 40.9. The van der Waals surface area contributed by atoms with E-state index in [0.29, 0.717) is 23.7 Å². The average Bonchev–Trinajstić information content (AvgIpc) is 1.09. The first-order valence-electron chi connectivity index (χ1n) is 43.7. The molecule has 0 spiro atoms. The van der Waals surface area contributed by atoms with Gasteiger partial charge in [0.1, 0.15) is 29.2 Å². The Morgan fingerprint density at radius 3 is 1.25 bits per heavy atom. The third kappa shape index (κ3) is 18.6. The van der Waals surface area contributed by atoms with Crippen molar-refractivity contribution in [3.63, 3.8) is 0 Å². The van der Waals surface area contributed by atoms with Gasteiger partial charge in [0.25, 0.3) is 0 Å². The molecule has 5 radical (unpaired) electrons. The van der Waals surface area contributed by atoms with Gasteiger partial charge in [0, 0.05) is 128 Å². The molecule has 0 atom stereocenters. The number of anilines is 5. The number of amidine groups is 5. The maximum Gasteiger partial charge on any atom is 0.148 e. The summed E-state index contributed by atoms with van der Waals surface area (Å²) >= 11 is 5.97. The Morgan fingerprint density at radius 2 is 0.697 bits per heavy atom. The average molecular weight is 2690 g/mol. The number of aryl methyl sites for hydroxylation is 4. The molecule has 20 heteroatoms. The van der Waals surface area contributed by atoms with Gasteiger partial charge >= 0.3 is 0 Å². The quantitative estimate of drug-likeness (QED) is 0.114. The summed E-state index contributed by atoms with van der Waals surface area (Å²) in [5.41, 5.74) is 44.7. The second-order valence-corrected chi connectivity index (χ2v) is 39.3. The van der Waals surface area contributed by atoms with Crippen LogP contribution in [0.25, 0.3) is 89.0 Å². The summed E-state index contributed by atoms with van der Waals surface area (Å²) in [5.74, 6) is 15.1. The van der Waals surface area contributed by atoms with Crippen LogP contribution in [-0.4, -0.2) is 29.2 Å². The SMILES string of the molecule is CC(C)(C)c1c[c-]c2c(c1)-c1cc(C(C)(C)C)ccc1C1=NS[CH-]N12.CC(C)c1ccc2c(c1)C1=NS[CH-]N1c1[c-]cc(C(C)C)cc1-2.CC(C)c1cccc(C(C)C)c1-c1ccc2c(c1)-c1ccc[c-]c1N1[CH-]SN=C21.Cc1cccc(C)c1-c1c[c-]c2c(c1)-c1ccccc1C1=NS[CH-]N12.Cc1cccc(C)c1-c1cccc2c1C1=NO[CH-]N1c1[c-]cccc1-2.[Ir].[Ir].[Ir].[Ir].[Ir]. The van der Waals surface area contributed by atoms with Gasteiger partial charge in [-0.2, -0.15) is 180 Å². The summed E-state index contributed by atoms with van der Waals surface area (Å²) in [6.07, 6.45) is 0. The van der Waals surface area contributed by atoms with Crippen molar-refractivity contribution < 1.29 is 105 Å². The first kappa shape index (κ1) is 99.6. The van der Waals surface area contributed by atoms with Gasteiger partial charge in [-0.1, -0.05) is 327 Å². The monoisotopic (exact) mass is 2690 g/mol. The molecule has 0 aromatic heterocycles. The molecule has 132 heavy (non-hydrogen) atoms. The summed E-state index contributed by atoms with van der Waals surface area (Å²) in [6.45, 7) is 41.9. The Bertz CT molecular complexity index is 6710. The Hall–Kier alpha value is -8.34. The number of nitrogens with zero attached hydrogens (tertiary/aromatic N) is 10. The number of fused-ring (bicyclic) bond motifs is 30. The topological polar surface area (TPSA) is 87.2 Å². The maximum absolute atomic E-state index is 5.33. The predicted molar refractivity (Wildman–Crippen MR) is 541 cm³/mol. The first-order chi connectivity index (χ1) is 61.3. The standard InChI is InChI=1S/C26H24N2S.C22H16N2O.C22H16N2S.C22H24N2S.C20H20N2S.5Ir/c1-16(2)19-9-7-10-20(17(3)4)25(19)18-12-13-22-23(14-18)21-8-5-6-11-24(21)28-15-29-27-26(22)28;1-14-7-5-8-15(2)20(14)18-11-6-10-17-16-9-3-4-12-19(16)24-13-25-23-22(24)21(17)18;1-14-6-5-7-15(2)21(14)16-10-11-20-19(12-16)17-8-3-4-9-18(17)22-23-25-13-24(20)22;1-21(2,3)14-7-9-16-17(11-14)18-12-15(22(4,5)6)8-10-19(18)24-13-25-23-20(16)24;1-12(2)14-5-7-16-17-9-15(13(3)4)6-8-19(17)22-11-23-21-20(22)18(16)10-14;;;;;/h5-10,12-17H,1-4H3;3-11,13H,1-2H3;3-10,12-13H,1-2H3;7-9,11-13H,1-6H3;5-7,9-13H,1-4H3;;;;;/q5*-2;;;;;. The fourth-order valence-corrected chi connectivity index (χ4v) is 21.0. The molecule has 10 aliphatic heterocycles. The Morgan fingerprint density at radius 1 is 0.295 bits per heavy atom. The number of benzene rings is 13. The number of hydrogen-bond acceptors (Lipinski definition) is 15. The van der Waals surface area contributed by atoms with Crippen molar-refractivity contribution in [3.05, 3.63) is 368 Å². The predicted octanol–water partition coefficient (Wildman–Crippen LogP) is 30.1. The van der Waals surface area contributed by atoms with Crippen molar-refractivity contribution in [2.75, 3.05) is 24.5 Å². The molecule has 0 aliphatic carbocycles. The number of oxime groups is 1. The van der Waals surface area contributed by atoms with Crippen molar-refractivity contribution in [2.24, 2.45) is 22.7 Å². The maximum atomic E-state index is 5.33.